The van der Waals surface area contributed by atoms with Crippen LogP contribution in [0.2, 0.25) is 0 Å². The molecule has 0 unspecified atom stereocenters. The van der Waals surface area contributed by atoms with Crippen LogP contribution in [0.4, 0.5) is 0 Å². The highest BCUT2D eigenvalue weighted by atomic mass is 16.1. The van der Waals surface area contributed by atoms with E-state index in [4.69, 9.17) is 0 Å². The Hall–Kier alpha value is -0.550. The average Bonchev–Trinajstić information content (AvgIpc) is 1.88. The number of rotatable bonds is 4. The Kier molecular flexibility index (Phi) is 5.24. The Labute approximate surface area is 56.8 Å². The third kappa shape index (κ3) is 3.99. The molecule has 0 spiro atoms. The SMILES string of the molecule is CCCC(=C=O)CCC. The number of carbonyl (C=O) groups excluding carboxylic acids is 1. The van der Waals surface area contributed by atoms with Crippen molar-refractivity contribution in [2.45, 2.75) is 39.5 Å². The molecule has 1 heteroatoms. The van der Waals surface area contributed by atoms with E-state index >= 15 is 0 Å². The Balaban J connectivity index is 3.57. The molecule has 52 valence electrons. The smallest absolute Gasteiger partial charge is 0.123 e. The van der Waals surface area contributed by atoms with Crippen molar-refractivity contribution in [1.29, 1.82) is 0 Å². The summed E-state index contributed by atoms with van der Waals surface area (Å²) in [7, 11) is 0. The molecule has 0 rings (SSSR count). The lowest BCUT2D eigenvalue weighted by Crippen LogP contribution is -1.82. The molecule has 1 nitrogen and oxygen atoms in total. The molecule has 0 N–H and O–H groups in total. The molecule has 0 bridgehead atoms. The van der Waals surface area contributed by atoms with Gasteiger partial charge in [0, 0.05) is 5.57 Å². The van der Waals surface area contributed by atoms with E-state index in [0.717, 1.165) is 31.3 Å². The summed E-state index contributed by atoms with van der Waals surface area (Å²) in [5.41, 5.74) is 0.944. The normalized spacial score (nSPS) is 8.67. The maximum atomic E-state index is 10.1. The van der Waals surface area contributed by atoms with Crippen LogP contribution in [-0.4, -0.2) is 5.94 Å². The topological polar surface area (TPSA) is 17.1 Å². The molecule has 0 amide bonds. The summed E-state index contributed by atoms with van der Waals surface area (Å²) in [6, 6.07) is 0. The van der Waals surface area contributed by atoms with Crippen molar-refractivity contribution in [2.75, 3.05) is 0 Å². The first-order valence-electron chi connectivity index (χ1n) is 3.58. The lowest BCUT2D eigenvalue weighted by Gasteiger charge is -1.95. The van der Waals surface area contributed by atoms with Crippen molar-refractivity contribution < 1.29 is 4.79 Å². The van der Waals surface area contributed by atoms with Crippen LogP contribution in [0.1, 0.15) is 39.5 Å². The van der Waals surface area contributed by atoms with E-state index in [1.54, 1.807) is 0 Å². The quantitative estimate of drug-likeness (QED) is 0.528. The van der Waals surface area contributed by atoms with Crippen LogP contribution in [0, 0.1) is 0 Å². The standard InChI is InChI=1S/C8H14O/c1-3-5-8(7-9)6-4-2/h3-6H2,1-2H3. The summed E-state index contributed by atoms with van der Waals surface area (Å²) in [4.78, 5) is 10.1. The molecule has 0 aromatic rings. The third-order valence-corrected chi connectivity index (χ3v) is 1.25. The predicted molar refractivity (Wildman–Crippen MR) is 39.0 cm³/mol. The zero-order chi connectivity index (χ0) is 7.11. The molecule has 0 aromatic heterocycles. The molecule has 0 saturated carbocycles. The van der Waals surface area contributed by atoms with Gasteiger partial charge in [0.25, 0.3) is 0 Å². The fraction of sp³-hybridized carbons (Fsp3) is 0.750. The monoisotopic (exact) mass is 126 g/mol. The average molecular weight is 126 g/mol. The van der Waals surface area contributed by atoms with Crippen molar-refractivity contribution in [3.05, 3.63) is 5.57 Å². The van der Waals surface area contributed by atoms with Crippen molar-refractivity contribution >= 4 is 5.94 Å². The second kappa shape index (κ2) is 5.58. The predicted octanol–water partition coefficient (Wildman–Crippen LogP) is 2.34. The molecule has 9 heavy (non-hydrogen) atoms. The molecule has 0 saturated heterocycles. The molecule has 0 heterocycles. The Morgan fingerprint density at radius 3 is 1.89 bits per heavy atom. The molecule has 0 aliphatic carbocycles. The fourth-order valence-electron chi connectivity index (χ4n) is 0.831. The maximum Gasteiger partial charge on any atom is 0.123 e. The Morgan fingerprint density at radius 1 is 1.22 bits per heavy atom. The highest BCUT2D eigenvalue weighted by Gasteiger charge is 1.92. The molecule has 0 aliphatic heterocycles. The summed E-state index contributed by atoms with van der Waals surface area (Å²) in [6.07, 6.45) is 3.98. The van der Waals surface area contributed by atoms with Crippen LogP contribution < -0.4 is 0 Å². The van der Waals surface area contributed by atoms with Gasteiger partial charge in [-0.3, -0.25) is 0 Å². The molecule has 0 fully saturated rings. The molecule has 0 aromatic carbocycles. The second-order valence-electron chi connectivity index (χ2n) is 2.21. The Bertz CT molecular complexity index is 102. The van der Waals surface area contributed by atoms with Crippen LogP contribution >= 0.6 is 0 Å². The molecule has 0 aliphatic rings. The molecule has 0 radical (unpaired) electrons. The first kappa shape index (κ1) is 8.45. The van der Waals surface area contributed by atoms with E-state index in [2.05, 4.69) is 13.8 Å². The van der Waals surface area contributed by atoms with Gasteiger partial charge in [0.2, 0.25) is 0 Å². The van der Waals surface area contributed by atoms with Crippen LogP contribution in [0.25, 0.3) is 0 Å². The van der Waals surface area contributed by atoms with E-state index in [1.165, 1.54) is 0 Å². The van der Waals surface area contributed by atoms with Crippen molar-refractivity contribution in [2.24, 2.45) is 0 Å². The first-order valence-corrected chi connectivity index (χ1v) is 3.58. The summed E-state index contributed by atoms with van der Waals surface area (Å²) < 4.78 is 0. The van der Waals surface area contributed by atoms with Crippen molar-refractivity contribution in [3.63, 3.8) is 0 Å². The van der Waals surface area contributed by atoms with Gasteiger partial charge in [-0.2, -0.15) is 0 Å². The van der Waals surface area contributed by atoms with E-state index in [9.17, 15) is 4.79 Å². The lowest BCUT2D eigenvalue weighted by atomic mass is 10.1. The minimum atomic E-state index is 0.928. The van der Waals surface area contributed by atoms with Gasteiger partial charge in [0.05, 0.1) is 0 Å². The largest absolute Gasteiger partial charge is 0.234 e. The van der Waals surface area contributed by atoms with Crippen molar-refractivity contribution in [3.8, 4) is 0 Å². The summed E-state index contributed by atoms with van der Waals surface area (Å²) >= 11 is 0. The summed E-state index contributed by atoms with van der Waals surface area (Å²) in [5.74, 6) is 1.97. The lowest BCUT2D eigenvalue weighted by molar-refractivity contribution is 0.564. The van der Waals surface area contributed by atoms with Crippen LogP contribution in [-0.2, 0) is 4.79 Å². The number of hydrogen-bond donors (Lipinski definition) is 0. The van der Waals surface area contributed by atoms with E-state index in [-0.39, 0.29) is 0 Å². The first-order chi connectivity index (χ1) is 4.35. The minimum absolute atomic E-state index is 0.928. The summed E-state index contributed by atoms with van der Waals surface area (Å²) in [5, 5.41) is 0. The molecular weight excluding hydrogens is 112 g/mol. The highest BCUT2D eigenvalue weighted by Crippen LogP contribution is 2.06. The zero-order valence-corrected chi connectivity index (χ0v) is 6.24. The van der Waals surface area contributed by atoms with Gasteiger partial charge in [-0.15, -0.1) is 0 Å². The molecular formula is C8H14O. The van der Waals surface area contributed by atoms with Gasteiger partial charge < -0.3 is 0 Å². The number of hydrogen-bond acceptors (Lipinski definition) is 1. The maximum absolute atomic E-state index is 10.1. The summed E-state index contributed by atoms with van der Waals surface area (Å²) in [6.45, 7) is 4.15. The van der Waals surface area contributed by atoms with Crippen LogP contribution in [0.3, 0.4) is 0 Å². The fourth-order valence-corrected chi connectivity index (χ4v) is 0.831. The second-order valence-corrected chi connectivity index (χ2v) is 2.21. The zero-order valence-electron chi connectivity index (χ0n) is 6.24. The van der Waals surface area contributed by atoms with Crippen molar-refractivity contribution in [1.82, 2.24) is 0 Å². The van der Waals surface area contributed by atoms with Crippen LogP contribution in [0.15, 0.2) is 5.57 Å². The highest BCUT2D eigenvalue weighted by molar-refractivity contribution is 5.51. The third-order valence-electron chi connectivity index (χ3n) is 1.25. The number of allylic oxidation sites excluding steroid dienone is 1. The Morgan fingerprint density at radius 2 is 1.67 bits per heavy atom. The van der Waals surface area contributed by atoms with E-state index in [0.29, 0.717) is 0 Å². The molecule has 0 atom stereocenters. The van der Waals surface area contributed by atoms with Gasteiger partial charge in [-0.1, -0.05) is 26.7 Å². The van der Waals surface area contributed by atoms with E-state index < -0.39 is 0 Å². The van der Waals surface area contributed by atoms with E-state index in [1.807, 2.05) is 5.94 Å². The van der Waals surface area contributed by atoms with Gasteiger partial charge in [0.1, 0.15) is 5.94 Å². The van der Waals surface area contributed by atoms with Gasteiger partial charge >= 0.3 is 0 Å². The van der Waals surface area contributed by atoms with Gasteiger partial charge in [-0.25, -0.2) is 4.79 Å². The van der Waals surface area contributed by atoms with Crippen LogP contribution in [0.5, 0.6) is 0 Å². The minimum Gasteiger partial charge on any atom is -0.234 e. The van der Waals surface area contributed by atoms with Gasteiger partial charge in [-0.05, 0) is 12.8 Å². The van der Waals surface area contributed by atoms with Gasteiger partial charge in [0.15, 0.2) is 0 Å².